The zero-order chi connectivity index (χ0) is 16.6. The third-order valence-corrected chi connectivity index (χ3v) is 6.36. The quantitative estimate of drug-likeness (QED) is 0.807. The highest BCUT2D eigenvalue weighted by Gasteiger charge is 2.28. The van der Waals surface area contributed by atoms with Gasteiger partial charge < -0.3 is 4.57 Å². The molecule has 3 rings (SSSR count). The summed E-state index contributed by atoms with van der Waals surface area (Å²) in [4.78, 5) is 12.1. The van der Waals surface area contributed by atoms with E-state index in [-0.39, 0.29) is 17.5 Å². The molecular formula is C18H21NO3S. The van der Waals surface area contributed by atoms with Crippen LogP contribution in [0.5, 0.6) is 0 Å². The summed E-state index contributed by atoms with van der Waals surface area (Å²) in [5, 5.41) is 0. The van der Waals surface area contributed by atoms with Gasteiger partial charge >= 0.3 is 0 Å². The fourth-order valence-electron chi connectivity index (χ4n) is 3.32. The van der Waals surface area contributed by atoms with Crippen LogP contribution in [-0.2, 0) is 16.4 Å². The molecule has 0 aliphatic carbocycles. The fraction of sp³-hybridized carbons (Fsp3) is 0.389. The Hall–Kier alpha value is -1.88. The molecule has 1 aromatic heterocycles. The van der Waals surface area contributed by atoms with Crippen molar-refractivity contribution < 1.29 is 13.2 Å². The van der Waals surface area contributed by atoms with Gasteiger partial charge in [0.15, 0.2) is 15.6 Å². The van der Waals surface area contributed by atoms with Gasteiger partial charge in [0.05, 0.1) is 16.3 Å². The number of Topliss-reactive ketones (excluding diaryl/α,β-unsaturated/α-hetero) is 1. The second-order valence-electron chi connectivity index (χ2n) is 6.28. The first kappa shape index (κ1) is 16.0. The molecule has 0 radical (unpaired) electrons. The molecule has 2 heterocycles. The van der Waals surface area contributed by atoms with Gasteiger partial charge in [0, 0.05) is 25.1 Å². The largest absolute Gasteiger partial charge is 0.342 e. The number of fused-ring (bicyclic) bond motifs is 1. The molecule has 1 unspecified atom stereocenters. The minimum atomic E-state index is -3.33. The van der Waals surface area contributed by atoms with Crippen molar-refractivity contribution in [3.8, 4) is 0 Å². The summed E-state index contributed by atoms with van der Waals surface area (Å²) in [6.07, 6.45) is 1.74. The predicted molar refractivity (Wildman–Crippen MR) is 89.6 cm³/mol. The van der Waals surface area contributed by atoms with Crippen molar-refractivity contribution in [2.45, 2.75) is 44.0 Å². The summed E-state index contributed by atoms with van der Waals surface area (Å²) < 4.78 is 27.4. The maximum Gasteiger partial charge on any atom is 0.179 e. The van der Waals surface area contributed by atoms with Crippen molar-refractivity contribution in [3.63, 3.8) is 0 Å². The van der Waals surface area contributed by atoms with Gasteiger partial charge in [0.1, 0.15) is 0 Å². The van der Waals surface area contributed by atoms with E-state index in [1.165, 1.54) is 0 Å². The molecule has 5 heteroatoms. The van der Waals surface area contributed by atoms with Crippen LogP contribution < -0.4 is 0 Å². The lowest BCUT2D eigenvalue weighted by molar-refractivity contribution is 0.100. The monoisotopic (exact) mass is 331 g/mol. The Morgan fingerprint density at radius 2 is 1.87 bits per heavy atom. The predicted octanol–water partition coefficient (Wildman–Crippen LogP) is 3.35. The molecule has 0 saturated carbocycles. The number of sulfone groups is 1. The smallest absolute Gasteiger partial charge is 0.179 e. The van der Waals surface area contributed by atoms with E-state index in [4.69, 9.17) is 0 Å². The van der Waals surface area contributed by atoms with Crippen LogP contribution in [0.15, 0.2) is 41.3 Å². The third-order valence-electron chi connectivity index (χ3n) is 4.53. The summed E-state index contributed by atoms with van der Waals surface area (Å²) in [7, 11) is -3.33. The number of rotatable bonds is 4. The molecule has 0 amide bonds. The lowest BCUT2D eigenvalue weighted by Crippen LogP contribution is -2.23. The molecule has 122 valence electrons. The highest BCUT2D eigenvalue weighted by Crippen LogP contribution is 2.32. The number of nitrogens with zero attached hydrogens (tertiary/aromatic N) is 1. The molecule has 0 fully saturated rings. The van der Waals surface area contributed by atoms with Crippen LogP contribution in [0, 0.1) is 6.92 Å². The van der Waals surface area contributed by atoms with Crippen molar-refractivity contribution in [1.82, 2.24) is 4.57 Å². The molecule has 4 nitrogen and oxygen atoms in total. The summed E-state index contributed by atoms with van der Waals surface area (Å²) in [6.45, 7) is 4.28. The fourth-order valence-corrected chi connectivity index (χ4v) is 4.93. The van der Waals surface area contributed by atoms with Crippen molar-refractivity contribution >= 4 is 15.6 Å². The van der Waals surface area contributed by atoms with Gasteiger partial charge in [-0.1, -0.05) is 17.7 Å². The maximum absolute atomic E-state index is 12.7. The van der Waals surface area contributed by atoms with Gasteiger partial charge in [0.25, 0.3) is 0 Å². The molecule has 1 atom stereocenters. The van der Waals surface area contributed by atoms with Gasteiger partial charge in [-0.05, 0) is 44.0 Å². The normalized spacial score (nSPS) is 17.7. The number of aryl methyl sites for hydroxylation is 1. The highest BCUT2D eigenvalue weighted by molar-refractivity contribution is 7.91. The van der Waals surface area contributed by atoms with E-state index in [9.17, 15) is 13.2 Å². The average Bonchev–Trinajstić information content (AvgIpc) is 2.92. The molecular weight excluding hydrogens is 310 g/mol. The molecule has 1 aliphatic rings. The van der Waals surface area contributed by atoms with Crippen LogP contribution in [0.3, 0.4) is 0 Å². The number of benzene rings is 1. The first-order valence-corrected chi connectivity index (χ1v) is 9.53. The number of hydrogen-bond acceptors (Lipinski definition) is 3. The van der Waals surface area contributed by atoms with Crippen LogP contribution in [0.4, 0.5) is 0 Å². The molecule has 0 spiro atoms. The highest BCUT2D eigenvalue weighted by atomic mass is 32.2. The van der Waals surface area contributed by atoms with Crippen LogP contribution >= 0.6 is 0 Å². The van der Waals surface area contributed by atoms with Gasteiger partial charge in [-0.3, -0.25) is 4.79 Å². The van der Waals surface area contributed by atoms with Gasteiger partial charge in [0.2, 0.25) is 0 Å². The number of carbonyl (C=O) groups excluding carboxylic acids is 1. The number of carbonyl (C=O) groups is 1. The summed E-state index contributed by atoms with van der Waals surface area (Å²) in [5.41, 5.74) is 2.69. The standard InChI is InChI=1S/C18H21NO3S/c1-13-5-7-16(8-6-13)23(21,22)12-15-4-3-11-19-17(14(2)20)9-10-18(15)19/h5-10,15H,3-4,11-12H2,1-2H3. The Kier molecular flexibility index (Phi) is 4.15. The minimum absolute atomic E-state index is 0.0262. The van der Waals surface area contributed by atoms with E-state index in [1.807, 2.05) is 35.8 Å². The number of hydrogen-bond donors (Lipinski definition) is 0. The second-order valence-corrected chi connectivity index (χ2v) is 8.32. The Labute approximate surface area is 137 Å². The summed E-state index contributed by atoms with van der Waals surface area (Å²) in [6, 6.07) is 10.7. The zero-order valence-corrected chi connectivity index (χ0v) is 14.3. The SMILES string of the molecule is CC(=O)c1ccc2n1CCCC2CS(=O)(=O)c1ccc(C)cc1. The van der Waals surface area contributed by atoms with Crippen molar-refractivity contribution in [2.75, 3.05) is 5.75 Å². The number of ketones is 1. The van der Waals surface area contributed by atoms with Gasteiger partial charge in [-0.2, -0.15) is 0 Å². The Bertz CT molecular complexity index is 832. The Morgan fingerprint density at radius 3 is 2.52 bits per heavy atom. The van der Waals surface area contributed by atoms with Crippen molar-refractivity contribution in [1.29, 1.82) is 0 Å². The Morgan fingerprint density at radius 1 is 1.17 bits per heavy atom. The topological polar surface area (TPSA) is 56.1 Å². The molecule has 2 aromatic rings. The molecule has 23 heavy (non-hydrogen) atoms. The Balaban J connectivity index is 1.90. The van der Waals surface area contributed by atoms with E-state index in [1.54, 1.807) is 19.1 Å². The van der Waals surface area contributed by atoms with Crippen molar-refractivity contribution in [3.05, 3.63) is 53.3 Å². The van der Waals surface area contributed by atoms with E-state index in [2.05, 4.69) is 0 Å². The molecule has 0 N–H and O–H groups in total. The van der Waals surface area contributed by atoms with Crippen LogP contribution in [0.1, 0.15) is 47.4 Å². The van der Waals surface area contributed by atoms with E-state index >= 15 is 0 Å². The molecule has 1 aliphatic heterocycles. The van der Waals surface area contributed by atoms with Crippen LogP contribution in [0.2, 0.25) is 0 Å². The van der Waals surface area contributed by atoms with Crippen LogP contribution in [-0.4, -0.2) is 24.5 Å². The zero-order valence-electron chi connectivity index (χ0n) is 13.5. The molecule has 0 saturated heterocycles. The average molecular weight is 331 g/mol. The van der Waals surface area contributed by atoms with E-state index in [0.29, 0.717) is 10.6 Å². The first-order chi connectivity index (χ1) is 10.9. The number of aromatic nitrogens is 1. The lowest BCUT2D eigenvalue weighted by Gasteiger charge is -2.26. The van der Waals surface area contributed by atoms with Crippen molar-refractivity contribution in [2.24, 2.45) is 0 Å². The minimum Gasteiger partial charge on any atom is -0.342 e. The van der Waals surface area contributed by atoms with E-state index < -0.39 is 9.84 Å². The van der Waals surface area contributed by atoms with Crippen LogP contribution in [0.25, 0.3) is 0 Å². The third kappa shape index (κ3) is 3.11. The summed E-state index contributed by atoms with van der Waals surface area (Å²) in [5.74, 6) is 0.0682. The van der Waals surface area contributed by atoms with Gasteiger partial charge in [-0.25, -0.2) is 8.42 Å². The van der Waals surface area contributed by atoms with E-state index in [0.717, 1.165) is 30.6 Å². The second kappa shape index (κ2) is 5.96. The summed E-state index contributed by atoms with van der Waals surface area (Å²) >= 11 is 0. The molecule has 1 aromatic carbocycles. The lowest BCUT2D eigenvalue weighted by atomic mass is 9.98. The first-order valence-electron chi connectivity index (χ1n) is 7.88. The molecule has 0 bridgehead atoms. The van der Waals surface area contributed by atoms with Gasteiger partial charge in [-0.15, -0.1) is 0 Å². The maximum atomic E-state index is 12.7.